The van der Waals surface area contributed by atoms with E-state index >= 15 is 0 Å². The normalized spacial score (nSPS) is 24.3. The molecule has 0 aromatic carbocycles. The highest BCUT2D eigenvalue weighted by Gasteiger charge is 2.28. The number of hydrogen-bond acceptors (Lipinski definition) is 4. The summed E-state index contributed by atoms with van der Waals surface area (Å²) in [5.41, 5.74) is 0. The standard InChI is InChI=1S/C16H25NO2S/c1-3-19-16(18)13-6-4-7-14(11-13)17-12(2)10-15-8-5-9-20-15/h5,8-9,12-14,17H,3-4,6-7,10-11H2,1-2H3. The van der Waals surface area contributed by atoms with E-state index in [2.05, 4.69) is 29.8 Å². The summed E-state index contributed by atoms with van der Waals surface area (Å²) in [6, 6.07) is 5.20. The molecule has 1 N–H and O–H groups in total. The Morgan fingerprint density at radius 3 is 3.10 bits per heavy atom. The summed E-state index contributed by atoms with van der Waals surface area (Å²) in [5.74, 6) is 0.0834. The number of carbonyl (C=O) groups excluding carboxylic acids is 1. The topological polar surface area (TPSA) is 38.3 Å². The van der Waals surface area contributed by atoms with Gasteiger partial charge < -0.3 is 10.1 Å². The first-order chi connectivity index (χ1) is 9.69. The molecule has 1 aliphatic carbocycles. The van der Waals surface area contributed by atoms with Crippen LogP contribution in [0.2, 0.25) is 0 Å². The molecular weight excluding hydrogens is 270 g/mol. The second-order valence-corrected chi connectivity index (χ2v) is 6.70. The summed E-state index contributed by atoms with van der Waals surface area (Å²) in [6.45, 7) is 4.59. The summed E-state index contributed by atoms with van der Waals surface area (Å²) in [7, 11) is 0. The molecule has 2 rings (SSSR count). The average Bonchev–Trinajstić information content (AvgIpc) is 2.92. The van der Waals surface area contributed by atoms with Gasteiger partial charge in [0.1, 0.15) is 0 Å². The van der Waals surface area contributed by atoms with Crippen molar-refractivity contribution < 1.29 is 9.53 Å². The molecule has 1 aromatic rings. The van der Waals surface area contributed by atoms with Gasteiger partial charge in [0.05, 0.1) is 12.5 Å². The molecule has 1 saturated carbocycles. The molecule has 3 unspecified atom stereocenters. The molecule has 1 fully saturated rings. The van der Waals surface area contributed by atoms with Gasteiger partial charge in [-0.1, -0.05) is 12.5 Å². The first-order valence-electron chi connectivity index (χ1n) is 7.64. The van der Waals surface area contributed by atoms with Crippen molar-refractivity contribution in [3.05, 3.63) is 22.4 Å². The molecule has 20 heavy (non-hydrogen) atoms. The SMILES string of the molecule is CCOC(=O)C1CCCC(NC(C)Cc2cccs2)C1. The summed E-state index contributed by atoms with van der Waals surface area (Å²) in [5, 5.41) is 5.81. The highest BCUT2D eigenvalue weighted by atomic mass is 32.1. The molecular formula is C16H25NO2S. The molecule has 1 heterocycles. The zero-order valence-electron chi connectivity index (χ0n) is 12.4. The Balaban J connectivity index is 1.78. The van der Waals surface area contributed by atoms with Gasteiger partial charge in [0.25, 0.3) is 0 Å². The number of rotatable bonds is 6. The number of nitrogens with one attached hydrogen (secondary N) is 1. The molecule has 0 bridgehead atoms. The van der Waals surface area contributed by atoms with Crippen LogP contribution in [0.3, 0.4) is 0 Å². The van der Waals surface area contributed by atoms with Gasteiger partial charge in [-0.2, -0.15) is 0 Å². The Morgan fingerprint density at radius 1 is 1.55 bits per heavy atom. The second kappa shape index (κ2) is 7.79. The van der Waals surface area contributed by atoms with E-state index in [-0.39, 0.29) is 11.9 Å². The van der Waals surface area contributed by atoms with Crippen molar-refractivity contribution in [1.82, 2.24) is 5.32 Å². The molecule has 3 nitrogen and oxygen atoms in total. The summed E-state index contributed by atoms with van der Waals surface area (Å²) in [4.78, 5) is 13.3. The third kappa shape index (κ3) is 4.60. The third-order valence-electron chi connectivity index (χ3n) is 3.90. The van der Waals surface area contributed by atoms with Gasteiger partial charge in [-0.05, 0) is 51.0 Å². The van der Waals surface area contributed by atoms with Crippen LogP contribution in [-0.2, 0) is 16.0 Å². The van der Waals surface area contributed by atoms with Crippen LogP contribution in [0.25, 0.3) is 0 Å². The minimum absolute atomic E-state index is 0.00934. The lowest BCUT2D eigenvalue weighted by atomic mass is 9.85. The van der Waals surface area contributed by atoms with Gasteiger partial charge >= 0.3 is 5.97 Å². The minimum Gasteiger partial charge on any atom is -0.466 e. The van der Waals surface area contributed by atoms with Crippen molar-refractivity contribution in [3.8, 4) is 0 Å². The zero-order chi connectivity index (χ0) is 14.4. The molecule has 0 aliphatic heterocycles. The van der Waals surface area contributed by atoms with Crippen LogP contribution in [0.5, 0.6) is 0 Å². The van der Waals surface area contributed by atoms with E-state index in [1.54, 1.807) is 0 Å². The maximum Gasteiger partial charge on any atom is 0.308 e. The fourth-order valence-corrected chi connectivity index (χ4v) is 3.84. The first-order valence-corrected chi connectivity index (χ1v) is 8.52. The summed E-state index contributed by atoms with van der Waals surface area (Å²) >= 11 is 1.81. The van der Waals surface area contributed by atoms with E-state index in [1.807, 2.05) is 18.3 Å². The first kappa shape index (κ1) is 15.5. The van der Waals surface area contributed by atoms with Crippen molar-refractivity contribution >= 4 is 17.3 Å². The van der Waals surface area contributed by atoms with Crippen LogP contribution < -0.4 is 5.32 Å². The highest BCUT2D eigenvalue weighted by Crippen LogP contribution is 2.26. The minimum atomic E-state index is -0.00934. The molecule has 112 valence electrons. The van der Waals surface area contributed by atoms with Crippen LogP contribution in [0.15, 0.2) is 17.5 Å². The van der Waals surface area contributed by atoms with Crippen LogP contribution >= 0.6 is 11.3 Å². The molecule has 0 spiro atoms. The monoisotopic (exact) mass is 295 g/mol. The number of hydrogen-bond donors (Lipinski definition) is 1. The zero-order valence-corrected chi connectivity index (χ0v) is 13.2. The number of thiophene rings is 1. The van der Waals surface area contributed by atoms with Gasteiger partial charge in [-0.25, -0.2) is 0 Å². The smallest absolute Gasteiger partial charge is 0.308 e. The quantitative estimate of drug-likeness (QED) is 0.818. The molecule has 3 atom stereocenters. The van der Waals surface area contributed by atoms with E-state index in [1.165, 1.54) is 11.3 Å². The van der Waals surface area contributed by atoms with Crippen LogP contribution in [-0.4, -0.2) is 24.7 Å². The molecule has 1 aliphatic rings. The van der Waals surface area contributed by atoms with Crippen molar-refractivity contribution in [1.29, 1.82) is 0 Å². The number of ether oxygens (including phenoxy) is 1. The van der Waals surface area contributed by atoms with E-state index < -0.39 is 0 Å². The molecule has 0 saturated heterocycles. The lowest BCUT2D eigenvalue weighted by molar-refractivity contribution is -0.149. The Morgan fingerprint density at radius 2 is 2.40 bits per heavy atom. The number of carbonyl (C=O) groups is 1. The summed E-state index contributed by atoms with van der Waals surface area (Å²) < 4.78 is 5.15. The van der Waals surface area contributed by atoms with Crippen molar-refractivity contribution in [2.24, 2.45) is 5.92 Å². The lowest BCUT2D eigenvalue weighted by Crippen LogP contribution is -2.42. The maximum atomic E-state index is 11.8. The van der Waals surface area contributed by atoms with E-state index in [0.717, 1.165) is 25.7 Å². The largest absolute Gasteiger partial charge is 0.466 e. The number of esters is 1. The van der Waals surface area contributed by atoms with Gasteiger partial charge in [-0.3, -0.25) is 4.79 Å². The van der Waals surface area contributed by atoms with E-state index in [4.69, 9.17) is 4.74 Å². The fraction of sp³-hybridized carbons (Fsp3) is 0.688. The van der Waals surface area contributed by atoms with Crippen molar-refractivity contribution in [3.63, 3.8) is 0 Å². The predicted molar refractivity (Wildman–Crippen MR) is 83.0 cm³/mol. The van der Waals surface area contributed by atoms with Gasteiger partial charge in [0, 0.05) is 17.0 Å². The Bertz CT molecular complexity index is 405. The third-order valence-corrected chi connectivity index (χ3v) is 4.80. The van der Waals surface area contributed by atoms with Gasteiger partial charge in [-0.15, -0.1) is 11.3 Å². The Labute approximate surface area is 125 Å². The van der Waals surface area contributed by atoms with E-state index in [0.29, 0.717) is 18.7 Å². The van der Waals surface area contributed by atoms with Crippen LogP contribution in [0.4, 0.5) is 0 Å². The molecule has 4 heteroatoms. The molecule has 0 radical (unpaired) electrons. The van der Waals surface area contributed by atoms with Crippen LogP contribution in [0, 0.1) is 5.92 Å². The predicted octanol–water partition coefficient (Wildman–Crippen LogP) is 3.39. The summed E-state index contributed by atoms with van der Waals surface area (Å²) in [6.07, 6.45) is 5.26. The maximum absolute atomic E-state index is 11.8. The van der Waals surface area contributed by atoms with Gasteiger partial charge in [0.15, 0.2) is 0 Å². The highest BCUT2D eigenvalue weighted by molar-refractivity contribution is 7.09. The van der Waals surface area contributed by atoms with Gasteiger partial charge in [0.2, 0.25) is 0 Å². The lowest BCUT2D eigenvalue weighted by Gasteiger charge is -2.30. The molecule has 1 aromatic heterocycles. The Kier molecular flexibility index (Phi) is 6.05. The van der Waals surface area contributed by atoms with Crippen molar-refractivity contribution in [2.75, 3.05) is 6.61 Å². The second-order valence-electron chi connectivity index (χ2n) is 5.66. The average molecular weight is 295 g/mol. The fourth-order valence-electron chi connectivity index (χ4n) is 3.01. The van der Waals surface area contributed by atoms with Crippen LogP contribution in [0.1, 0.15) is 44.4 Å². The van der Waals surface area contributed by atoms with E-state index in [9.17, 15) is 4.79 Å². The molecule has 0 amide bonds. The Hall–Kier alpha value is -0.870. The van der Waals surface area contributed by atoms with Crippen molar-refractivity contribution in [2.45, 2.75) is 58.0 Å².